The van der Waals surface area contributed by atoms with Crippen LogP contribution in [0.25, 0.3) is 11.0 Å². The van der Waals surface area contributed by atoms with Gasteiger partial charge in [0.15, 0.2) is 0 Å². The van der Waals surface area contributed by atoms with E-state index in [9.17, 15) is 9.59 Å². The first kappa shape index (κ1) is 19.0. The van der Waals surface area contributed by atoms with E-state index in [0.717, 1.165) is 56.5 Å². The van der Waals surface area contributed by atoms with Gasteiger partial charge in [0.2, 0.25) is 5.91 Å². The number of carbonyl (C=O) groups excluding carboxylic acids is 1. The molecule has 0 radical (unpaired) electrons. The molecule has 1 aromatic carbocycles. The monoisotopic (exact) mass is 378 g/mol. The molecule has 2 aliphatic rings. The van der Waals surface area contributed by atoms with Gasteiger partial charge < -0.3 is 15.2 Å². The summed E-state index contributed by atoms with van der Waals surface area (Å²) in [6.07, 6.45) is 4.54. The van der Waals surface area contributed by atoms with E-state index in [4.69, 9.17) is 0 Å². The van der Waals surface area contributed by atoms with Gasteiger partial charge in [-0.2, -0.15) is 0 Å². The molecule has 0 spiro atoms. The molecule has 7 heteroatoms. The third-order valence-electron chi connectivity index (χ3n) is 5.74. The van der Waals surface area contributed by atoms with E-state index in [1.165, 1.54) is 6.42 Å². The molecule has 2 fully saturated rings. The molecule has 1 aromatic heterocycles. The zero-order chi connectivity index (χ0) is 17.2. The lowest BCUT2D eigenvalue weighted by Gasteiger charge is -2.32. The number of carbonyl (C=O) groups is 1. The second-order valence-electron chi connectivity index (χ2n) is 7.33. The van der Waals surface area contributed by atoms with Gasteiger partial charge in [-0.25, -0.2) is 4.79 Å². The summed E-state index contributed by atoms with van der Waals surface area (Å²) in [5, 5.41) is 3.36. The van der Waals surface area contributed by atoms with Gasteiger partial charge in [0.05, 0.1) is 11.0 Å². The smallest absolute Gasteiger partial charge is 0.326 e. The molecular formula is C19H27ClN4O2. The van der Waals surface area contributed by atoms with Crippen molar-refractivity contribution in [3.05, 3.63) is 34.7 Å². The summed E-state index contributed by atoms with van der Waals surface area (Å²) in [6.45, 7) is 3.64. The van der Waals surface area contributed by atoms with E-state index in [-0.39, 0.29) is 30.0 Å². The Labute approximate surface area is 159 Å². The highest BCUT2D eigenvalue weighted by Crippen LogP contribution is 2.25. The Morgan fingerprint density at radius 1 is 1.15 bits per heavy atom. The number of aromatic nitrogens is 2. The largest absolute Gasteiger partial charge is 0.343 e. The fourth-order valence-corrected chi connectivity index (χ4v) is 4.26. The van der Waals surface area contributed by atoms with Gasteiger partial charge in [-0.1, -0.05) is 12.1 Å². The number of H-pyrrole nitrogens is 1. The number of fused-ring (bicyclic) bond motifs is 1. The van der Waals surface area contributed by atoms with Crippen molar-refractivity contribution in [1.29, 1.82) is 0 Å². The van der Waals surface area contributed by atoms with Crippen LogP contribution in [0.2, 0.25) is 0 Å². The van der Waals surface area contributed by atoms with Gasteiger partial charge in [-0.3, -0.25) is 9.36 Å². The normalized spacial score (nSPS) is 21.1. The van der Waals surface area contributed by atoms with Crippen LogP contribution in [0.3, 0.4) is 0 Å². The first-order valence-electron chi connectivity index (χ1n) is 9.40. The van der Waals surface area contributed by atoms with Crippen molar-refractivity contribution in [2.75, 3.05) is 26.2 Å². The second-order valence-corrected chi connectivity index (χ2v) is 7.33. The van der Waals surface area contributed by atoms with Crippen LogP contribution in [0, 0.1) is 5.92 Å². The van der Waals surface area contributed by atoms with Crippen LogP contribution in [-0.2, 0) is 4.79 Å². The minimum absolute atomic E-state index is 0. The SMILES string of the molecule is Cl.O=C(CCC1CCNC1)N1CCC(n2c(=O)[nH]c3ccccc32)CC1. The Morgan fingerprint density at radius 2 is 1.92 bits per heavy atom. The van der Waals surface area contributed by atoms with Gasteiger partial charge >= 0.3 is 5.69 Å². The van der Waals surface area contributed by atoms with Gasteiger partial charge in [-0.15, -0.1) is 12.4 Å². The molecule has 2 aromatic rings. The molecule has 2 saturated heterocycles. The third kappa shape index (κ3) is 3.81. The Balaban J connectivity index is 0.00000196. The Morgan fingerprint density at radius 3 is 2.65 bits per heavy atom. The number of rotatable bonds is 4. The molecule has 26 heavy (non-hydrogen) atoms. The predicted octanol–water partition coefficient (Wildman–Crippen LogP) is 2.30. The van der Waals surface area contributed by atoms with Crippen LogP contribution in [-0.4, -0.2) is 46.5 Å². The van der Waals surface area contributed by atoms with E-state index in [2.05, 4.69) is 10.3 Å². The number of likely N-dealkylation sites (tertiary alicyclic amines) is 1. The maximum atomic E-state index is 12.5. The Hall–Kier alpha value is -1.79. The number of para-hydroxylation sites is 2. The zero-order valence-corrected chi connectivity index (χ0v) is 15.8. The number of benzene rings is 1. The number of hydrogen-bond donors (Lipinski definition) is 2. The first-order chi connectivity index (χ1) is 12.2. The summed E-state index contributed by atoms with van der Waals surface area (Å²) in [7, 11) is 0. The van der Waals surface area contributed by atoms with Gasteiger partial charge in [-0.05, 0) is 56.8 Å². The quantitative estimate of drug-likeness (QED) is 0.857. The lowest BCUT2D eigenvalue weighted by Crippen LogP contribution is -2.40. The molecule has 6 nitrogen and oxygen atoms in total. The van der Waals surface area contributed by atoms with Crippen LogP contribution in [0.15, 0.2) is 29.1 Å². The van der Waals surface area contributed by atoms with Crippen molar-refractivity contribution >= 4 is 29.3 Å². The first-order valence-corrected chi connectivity index (χ1v) is 9.40. The van der Waals surface area contributed by atoms with Crippen molar-refractivity contribution in [3.8, 4) is 0 Å². The molecule has 2 N–H and O–H groups in total. The lowest BCUT2D eigenvalue weighted by molar-refractivity contribution is -0.132. The van der Waals surface area contributed by atoms with Gasteiger partial charge in [0.1, 0.15) is 0 Å². The van der Waals surface area contributed by atoms with E-state index in [0.29, 0.717) is 12.3 Å². The summed E-state index contributed by atoms with van der Waals surface area (Å²) in [4.78, 5) is 29.7. The third-order valence-corrected chi connectivity index (χ3v) is 5.74. The van der Waals surface area contributed by atoms with Crippen molar-refractivity contribution in [2.24, 2.45) is 5.92 Å². The standard InChI is InChI=1S/C19H26N4O2.ClH/c24-18(6-5-14-7-10-20-13-14)22-11-8-15(9-12-22)23-17-4-2-1-3-16(17)21-19(23)25;/h1-4,14-15,20H,5-13H2,(H,21,25);1H. The van der Waals surface area contributed by atoms with E-state index >= 15 is 0 Å². The van der Waals surface area contributed by atoms with Crippen LogP contribution >= 0.6 is 12.4 Å². The predicted molar refractivity (Wildman–Crippen MR) is 105 cm³/mol. The van der Waals surface area contributed by atoms with Gasteiger partial charge in [0.25, 0.3) is 0 Å². The van der Waals surface area contributed by atoms with Crippen molar-refractivity contribution in [3.63, 3.8) is 0 Å². The number of halogens is 1. The highest BCUT2D eigenvalue weighted by atomic mass is 35.5. The maximum absolute atomic E-state index is 12.5. The number of hydrogen-bond acceptors (Lipinski definition) is 3. The Kier molecular flexibility index (Phi) is 6.04. The van der Waals surface area contributed by atoms with Crippen molar-refractivity contribution in [1.82, 2.24) is 19.8 Å². The highest BCUT2D eigenvalue weighted by molar-refractivity contribution is 5.85. The van der Waals surface area contributed by atoms with E-state index in [1.807, 2.05) is 33.7 Å². The van der Waals surface area contributed by atoms with Crippen LogP contribution in [0.5, 0.6) is 0 Å². The van der Waals surface area contributed by atoms with Crippen molar-refractivity contribution < 1.29 is 4.79 Å². The average Bonchev–Trinajstić information content (AvgIpc) is 3.26. The van der Waals surface area contributed by atoms with Gasteiger partial charge in [0, 0.05) is 25.6 Å². The summed E-state index contributed by atoms with van der Waals surface area (Å²) in [5.74, 6) is 0.933. The molecule has 0 bridgehead atoms. The van der Waals surface area contributed by atoms with Crippen LogP contribution in [0.4, 0.5) is 0 Å². The fraction of sp³-hybridized carbons (Fsp3) is 0.579. The number of nitrogens with one attached hydrogen (secondary N) is 2. The molecule has 2 aliphatic heterocycles. The molecule has 1 atom stereocenters. The summed E-state index contributed by atoms with van der Waals surface area (Å²) in [5.41, 5.74) is 1.81. The van der Waals surface area contributed by atoms with Crippen LogP contribution < -0.4 is 11.0 Å². The molecule has 0 aliphatic carbocycles. The van der Waals surface area contributed by atoms with E-state index < -0.39 is 0 Å². The second kappa shape index (κ2) is 8.27. The molecule has 3 heterocycles. The number of aromatic amines is 1. The summed E-state index contributed by atoms with van der Waals surface area (Å²) < 4.78 is 1.88. The molecule has 0 saturated carbocycles. The summed E-state index contributed by atoms with van der Waals surface area (Å²) in [6, 6.07) is 7.99. The van der Waals surface area contributed by atoms with E-state index in [1.54, 1.807) is 0 Å². The van der Waals surface area contributed by atoms with Crippen molar-refractivity contribution in [2.45, 2.75) is 38.1 Å². The number of amides is 1. The molecule has 4 rings (SSSR count). The number of imidazole rings is 1. The Bertz CT molecular complexity index is 801. The topological polar surface area (TPSA) is 70.1 Å². The minimum Gasteiger partial charge on any atom is -0.343 e. The number of nitrogens with zero attached hydrogens (tertiary/aromatic N) is 2. The van der Waals surface area contributed by atoms with Crippen LogP contribution in [0.1, 0.15) is 38.1 Å². The molecule has 1 unspecified atom stereocenters. The molecule has 142 valence electrons. The average molecular weight is 379 g/mol. The molecule has 1 amide bonds. The fourth-order valence-electron chi connectivity index (χ4n) is 4.26. The minimum atomic E-state index is -0.0419. The number of piperidine rings is 1. The zero-order valence-electron chi connectivity index (χ0n) is 14.9. The highest BCUT2D eigenvalue weighted by Gasteiger charge is 2.26. The maximum Gasteiger partial charge on any atom is 0.326 e. The lowest BCUT2D eigenvalue weighted by atomic mass is 10.0. The molecular weight excluding hydrogens is 352 g/mol. The summed E-state index contributed by atoms with van der Waals surface area (Å²) >= 11 is 0.